The van der Waals surface area contributed by atoms with Gasteiger partial charge in [-0.1, -0.05) is 54.9 Å². The van der Waals surface area contributed by atoms with Crippen molar-refractivity contribution in [2.75, 3.05) is 13.1 Å². The van der Waals surface area contributed by atoms with Crippen LogP contribution in [-0.2, 0) is 15.8 Å². The van der Waals surface area contributed by atoms with E-state index >= 15 is 0 Å². The van der Waals surface area contributed by atoms with Crippen LogP contribution >= 0.6 is 11.8 Å². The topological polar surface area (TPSA) is 76.3 Å². The standard InChI is InChI=1S/C21H23N3O3S2/c25-29(26,24-14-6-1-2-7-15-24)19-12-10-18(11-13-19)20-22-23-21(27-20)28-16-17-8-4-3-5-9-17/h3-5,8-13H,1-2,6-7,14-16H2. The van der Waals surface area contributed by atoms with Gasteiger partial charge in [-0.2, -0.15) is 4.31 Å². The zero-order chi connectivity index (χ0) is 20.1. The van der Waals surface area contributed by atoms with Gasteiger partial charge in [-0.3, -0.25) is 0 Å². The average molecular weight is 430 g/mol. The van der Waals surface area contributed by atoms with Crippen molar-refractivity contribution in [3.8, 4) is 11.5 Å². The minimum absolute atomic E-state index is 0.307. The first-order valence-corrected chi connectivity index (χ1v) is 12.2. The largest absolute Gasteiger partial charge is 0.411 e. The second-order valence-corrected chi connectivity index (χ2v) is 9.85. The first kappa shape index (κ1) is 20.1. The van der Waals surface area contributed by atoms with Crippen molar-refractivity contribution < 1.29 is 12.8 Å². The molecule has 0 aliphatic carbocycles. The number of thioether (sulfide) groups is 1. The fraction of sp³-hybridized carbons (Fsp3) is 0.333. The van der Waals surface area contributed by atoms with Crippen molar-refractivity contribution in [3.63, 3.8) is 0 Å². The van der Waals surface area contributed by atoms with E-state index < -0.39 is 10.0 Å². The number of rotatable bonds is 6. The van der Waals surface area contributed by atoms with E-state index in [0.29, 0.717) is 34.7 Å². The summed E-state index contributed by atoms with van der Waals surface area (Å²) >= 11 is 1.47. The lowest BCUT2D eigenvalue weighted by Crippen LogP contribution is -2.31. The molecular weight excluding hydrogens is 406 g/mol. The first-order chi connectivity index (χ1) is 14.1. The van der Waals surface area contributed by atoms with Gasteiger partial charge >= 0.3 is 0 Å². The Labute approximate surface area is 175 Å². The van der Waals surface area contributed by atoms with Crippen LogP contribution in [0.3, 0.4) is 0 Å². The molecule has 1 saturated heterocycles. The molecule has 0 radical (unpaired) electrons. The molecule has 0 bridgehead atoms. The molecule has 8 heteroatoms. The van der Waals surface area contributed by atoms with E-state index in [-0.39, 0.29) is 0 Å². The molecular formula is C21H23N3O3S2. The Kier molecular flexibility index (Phi) is 6.32. The highest BCUT2D eigenvalue weighted by molar-refractivity contribution is 7.98. The average Bonchev–Trinajstić information content (AvgIpc) is 3.05. The highest BCUT2D eigenvalue weighted by Gasteiger charge is 2.25. The fourth-order valence-corrected chi connectivity index (χ4v) is 5.54. The van der Waals surface area contributed by atoms with Crippen LogP contribution in [0.25, 0.3) is 11.5 Å². The monoisotopic (exact) mass is 429 g/mol. The highest BCUT2D eigenvalue weighted by Crippen LogP contribution is 2.27. The Morgan fingerprint density at radius 2 is 1.59 bits per heavy atom. The predicted molar refractivity (Wildman–Crippen MR) is 113 cm³/mol. The SMILES string of the molecule is O=S(=O)(c1ccc(-c2nnc(SCc3ccccc3)o2)cc1)N1CCCCCC1. The summed E-state index contributed by atoms with van der Waals surface area (Å²) in [7, 11) is -3.46. The van der Waals surface area contributed by atoms with E-state index in [0.717, 1.165) is 31.4 Å². The van der Waals surface area contributed by atoms with Gasteiger partial charge in [-0.05, 0) is 42.7 Å². The number of nitrogens with zero attached hydrogens (tertiary/aromatic N) is 3. The predicted octanol–water partition coefficient (Wildman–Crippen LogP) is 4.59. The smallest absolute Gasteiger partial charge is 0.277 e. The first-order valence-electron chi connectivity index (χ1n) is 9.74. The van der Waals surface area contributed by atoms with Gasteiger partial charge in [0.1, 0.15) is 0 Å². The van der Waals surface area contributed by atoms with Crippen molar-refractivity contribution in [2.45, 2.75) is 41.6 Å². The zero-order valence-corrected chi connectivity index (χ0v) is 17.7. The van der Waals surface area contributed by atoms with E-state index in [2.05, 4.69) is 10.2 Å². The fourth-order valence-electron chi connectivity index (χ4n) is 3.30. The Hall–Kier alpha value is -2.16. The molecule has 1 aromatic heterocycles. The Balaban J connectivity index is 1.44. The molecule has 152 valence electrons. The van der Waals surface area contributed by atoms with Crippen molar-refractivity contribution >= 4 is 21.8 Å². The summed E-state index contributed by atoms with van der Waals surface area (Å²) in [5, 5.41) is 8.67. The van der Waals surface area contributed by atoms with Crippen molar-refractivity contribution in [2.24, 2.45) is 0 Å². The van der Waals surface area contributed by atoms with Gasteiger partial charge in [0.05, 0.1) is 4.90 Å². The Morgan fingerprint density at radius 3 is 2.28 bits per heavy atom. The van der Waals surface area contributed by atoms with Crippen LogP contribution in [0.4, 0.5) is 0 Å². The molecule has 2 heterocycles. The van der Waals surface area contributed by atoms with Gasteiger partial charge in [0.2, 0.25) is 15.9 Å². The molecule has 0 N–H and O–H groups in total. The molecule has 3 aromatic rings. The number of benzene rings is 2. The number of sulfonamides is 1. The molecule has 1 aliphatic heterocycles. The molecule has 0 saturated carbocycles. The molecule has 1 fully saturated rings. The second kappa shape index (κ2) is 9.11. The third-order valence-corrected chi connectivity index (χ3v) is 7.72. The van der Waals surface area contributed by atoms with E-state index in [4.69, 9.17) is 4.42 Å². The molecule has 1 aliphatic rings. The van der Waals surface area contributed by atoms with E-state index in [1.165, 1.54) is 17.3 Å². The summed E-state index contributed by atoms with van der Waals surface area (Å²) < 4.78 is 33.1. The van der Waals surface area contributed by atoms with E-state index in [9.17, 15) is 8.42 Å². The molecule has 0 unspecified atom stereocenters. The number of hydrogen-bond donors (Lipinski definition) is 0. The summed E-state index contributed by atoms with van der Waals surface area (Å²) in [6.45, 7) is 1.19. The molecule has 6 nitrogen and oxygen atoms in total. The third kappa shape index (κ3) is 4.88. The van der Waals surface area contributed by atoms with E-state index in [1.54, 1.807) is 28.6 Å². The summed E-state index contributed by atoms with van der Waals surface area (Å²) in [5.41, 5.74) is 1.89. The van der Waals surface area contributed by atoms with Gasteiger partial charge in [0.15, 0.2) is 0 Å². The summed E-state index contributed by atoms with van der Waals surface area (Å²) in [6.07, 6.45) is 4.02. The lowest BCUT2D eigenvalue weighted by atomic mass is 10.2. The molecule has 4 rings (SSSR count). The third-order valence-electron chi connectivity index (χ3n) is 4.92. The van der Waals surface area contributed by atoms with Gasteiger partial charge < -0.3 is 4.42 Å². The summed E-state index contributed by atoms with van der Waals surface area (Å²) in [5.74, 6) is 1.13. The van der Waals surface area contributed by atoms with Crippen LogP contribution in [0.5, 0.6) is 0 Å². The molecule has 0 atom stereocenters. The maximum absolute atomic E-state index is 12.9. The summed E-state index contributed by atoms with van der Waals surface area (Å²) in [4.78, 5) is 0.307. The number of aromatic nitrogens is 2. The Bertz CT molecular complexity index is 1030. The van der Waals surface area contributed by atoms with Crippen LogP contribution in [0, 0.1) is 0 Å². The lowest BCUT2D eigenvalue weighted by molar-refractivity contribution is 0.423. The van der Waals surface area contributed by atoms with Gasteiger partial charge in [-0.25, -0.2) is 8.42 Å². The van der Waals surface area contributed by atoms with Gasteiger partial charge in [0.25, 0.3) is 5.22 Å². The highest BCUT2D eigenvalue weighted by atomic mass is 32.2. The van der Waals surface area contributed by atoms with Crippen molar-refractivity contribution in [1.82, 2.24) is 14.5 Å². The normalized spacial score (nSPS) is 15.9. The quantitative estimate of drug-likeness (QED) is 0.533. The van der Waals surface area contributed by atoms with Crippen LogP contribution in [0.15, 0.2) is 69.1 Å². The van der Waals surface area contributed by atoms with Gasteiger partial charge in [0, 0.05) is 24.4 Å². The maximum Gasteiger partial charge on any atom is 0.277 e. The van der Waals surface area contributed by atoms with Crippen molar-refractivity contribution in [3.05, 3.63) is 60.2 Å². The second-order valence-electron chi connectivity index (χ2n) is 6.99. The van der Waals surface area contributed by atoms with E-state index in [1.807, 2.05) is 30.3 Å². The molecule has 0 amide bonds. The van der Waals surface area contributed by atoms with Gasteiger partial charge in [-0.15, -0.1) is 10.2 Å². The number of hydrogen-bond acceptors (Lipinski definition) is 6. The van der Waals surface area contributed by atoms with Crippen LogP contribution in [0.1, 0.15) is 31.2 Å². The Morgan fingerprint density at radius 1 is 0.897 bits per heavy atom. The molecule has 29 heavy (non-hydrogen) atoms. The molecule has 0 spiro atoms. The zero-order valence-electron chi connectivity index (χ0n) is 16.0. The van der Waals surface area contributed by atoms with Crippen LogP contribution < -0.4 is 0 Å². The minimum atomic E-state index is -3.46. The molecule has 2 aromatic carbocycles. The maximum atomic E-state index is 12.9. The minimum Gasteiger partial charge on any atom is -0.411 e. The van der Waals surface area contributed by atoms with Crippen LogP contribution in [-0.4, -0.2) is 36.0 Å². The van der Waals surface area contributed by atoms with Crippen molar-refractivity contribution in [1.29, 1.82) is 0 Å². The summed E-state index contributed by atoms with van der Waals surface area (Å²) in [6, 6.07) is 16.8. The van der Waals surface area contributed by atoms with Crippen LogP contribution in [0.2, 0.25) is 0 Å². The lowest BCUT2D eigenvalue weighted by Gasteiger charge is -2.19.